The molecule has 0 N–H and O–H groups in total. The third-order valence-electron chi connectivity index (χ3n) is 6.73. The van der Waals surface area contributed by atoms with Crippen LogP contribution in [0.2, 0.25) is 0 Å². The molecule has 2 aliphatic rings. The standard InChI is InChI=1S/C23H32F2O3/c1-3-4-15-5-7-16(8-6-15)17-9-11-18(12-10-17)28-23(26)19-13-14-20(27-2)22(25)21(19)24/h13-18H,3-12H2,1-2H3. The van der Waals surface area contributed by atoms with Crippen LogP contribution in [0.1, 0.15) is 81.5 Å². The van der Waals surface area contributed by atoms with Gasteiger partial charge in [-0.15, -0.1) is 0 Å². The topological polar surface area (TPSA) is 35.5 Å². The van der Waals surface area contributed by atoms with E-state index in [-0.39, 0.29) is 17.4 Å². The summed E-state index contributed by atoms with van der Waals surface area (Å²) in [6, 6.07) is 2.47. The number of halogens is 2. The van der Waals surface area contributed by atoms with Crippen molar-refractivity contribution in [3.63, 3.8) is 0 Å². The first-order valence-corrected chi connectivity index (χ1v) is 10.8. The maximum Gasteiger partial charge on any atom is 0.341 e. The van der Waals surface area contributed by atoms with E-state index in [0.29, 0.717) is 5.92 Å². The molecule has 2 saturated carbocycles. The predicted molar refractivity (Wildman–Crippen MR) is 104 cm³/mol. The smallest absolute Gasteiger partial charge is 0.341 e. The normalized spacial score (nSPS) is 28.0. The highest BCUT2D eigenvalue weighted by molar-refractivity contribution is 5.90. The molecule has 1 aromatic carbocycles. The first-order valence-electron chi connectivity index (χ1n) is 10.8. The molecule has 0 aromatic heterocycles. The highest BCUT2D eigenvalue weighted by atomic mass is 19.2. The second-order valence-electron chi connectivity index (χ2n) is 8.45. The maximum atomic E-state index is 14.1. The Morgan fingerprint density at radius 2 is 1.57 bits per heavy atom. The molecule has 3 rings (SSSR count). The van der Waals surface area contributed by atoms with Gasteiger partial charge < -0.3 is 9.47 Å². The SMILES string of the molecule is CCCC1CCC(C2CCC(OC(=O)c3ccc(OC)c(F)c3F)CC2)CC1. The van der Waals surface area contributed by atoms with Gasteiger partial charge in [0.15, 0.2) is 11.6 Å². The van der Waals surface area contributed by atoms with Crippen molar-refractivity contribution in [1.82, 2.24) is 0 Å². The van der Waals surface area contributed by atoms with Crippen molar-refractivity contribution in [2.45, 2.75) is 77.2 Å². The number of methoxy groups -OCH3 is 1. The highest BCUT2D eigenvalue weighted by Gasteiger charge is 2.32. The fraction of sp³-hybridized carbons (Fsp3) is 0.696. The molecule has 0 saturated heterocycles. The lowest BCUT2D eigenvalue weighted by Crippen LogP contribution is -2.30. The number of benzene rings is 1. The summed E-state index contributed by atoms with van der Waals surface area (Å²) < 4.78 is 38.1. The van der Waals surface area contributed by atoms with E-state index in [2.05, 4.69) is 6.92 Å². The largest absolute Gasteiger partial charge is 0.494 e. The average Bonchev–Trinajstić information content (AvgIpc) is 2.71. The summed E-state index contributed by atoms with van der Waals surface area (Å²) in [6.45, 7) is 2.26. The molecule has 0 aliphatic heterocycles. The quantitative estimate of drug-likeness (QED) is 0.532. The molecule has 0 spiro atoms. The van der Waals surface area contributed by atoms with Crippen molar-refractivity contribution >= 4 is 5.97 Å². The van der Waals surface area contributed by atoms with Crippen molar-refractivity contribution in [2.24, 2.45) is 17.8 Å². The molecule has 1 aromatic rings. The lowest BCUT2D eigenvalue weighted by Gasteiger charge is -2.37. The zero-order valence-corrected chi connectivity index (χ0v) is 17.0. The van der Waals surface area contributed by atoms with Crippen LogP contribution in [0.15, 0.2) is 12.1 Å². The Bertz CT molecular complexity index is 660. The molecule has 2 fully saturated rings. The van der Waals surface area contributed by atoms with Gasteiger partial charge in [0.05, 0.1) is 12.7 Å². The van der Waals surface area contributed by atoms with Crippen molar-refractivity contribution in [2.75, 3.05) is 7.11 Å². The van der Waals surface area contributed by atoms with Gasteiger partial charge in [-0.05, 0) is 68.4 Å². The van der Waals surface area contributed by atoms with E-state index in [1.54, 1.807) is 0 Å². The molecule has 0 atom stereocenters. The molecule has 0 radical (unpaired) electrons. The van der Waals surface area contributed by atoms with E-state index >= 15 is 0 Å². The van der Waals surface area contributed by atoms with Crippen LogP contribution in [0, 0.1) is 29.4 Å². The van der Waals surface area contributed by atoms with Gasteiger partial charge >= 0.3 is 5.97 Å². The van der Waals surface area contributed by atoms with Gasteiger partial charge in [0, 0.05) is 0 Å². The van der Waals surface area contributed by atoms with E-state index in [1.165, 1.54) is 57.8 Å². The van der Waals surface area contributed by atoms with Gasteiger partial charge in [0.1, 0.15) is 6.10 Å². The van der Waals surface area contributed by atoms with E-state index in [1.807, 2.05) is 0 Å². The summed E-state index contributed by atoms with van der Waals surface area (Å²) >= 11 is 0. The second kappa shape index (κ2) is 9.71. The Balaban J connectivity index is 1.48. The van der Waals surface area contributed by atoms with Crippen molar-refractivity contribution in [3.05, 3.63) is 29.3 Å². The average molecular weight is 395 g/mol. The van der Waals surface area contributed by atoms with Crippen LogP contribution >= 0.6 is 0 Å². The van der Waals surface area contributed by atoms with Crippen LogP contribution in [-0.2, 0) is 4.74 Å². The second-order valence-corrected chi connectivity index (χ2v) is 8.45. The zero-order chi connectivity index (χ0) is 20.1. The fourth-order valence-electron chi connectivity index (χ4n) is 5.10. The summed E-state index contributed by atoms with van der Waals surface area (Å²) in [6.07, 6.45) is 11.5. The Morgan fingerprint density at radius 1 is 0.964 bits per heavy atom. The van der Waals surface area contributed by atoms with E-state index in [9.17, 15) is 13.6 Å². The van der Waals surface area contributed by atoms with Crippen LogP contribution in [0.25, 0.3) is 0 Å². The van der Waals surface area contributed by atoms with Gasteiger partial charge in [0.2, 0.25) is 5.82 Å². The van der Waals surface area contributed by atoms with Crippen molar-refractivity contribution in [3.8, 4) is 5.75 Å². The van der Waals surface area contributed by atoms with Gasteiger partial charge in [-0.25, -0.2) is 9.18 Å². The lowest BCUT2D eigenvalue weighted by atomic mass is 9.70. The number of hydrogen-bond acceptors (Lipinski definition) is 3. The Morgan fingerprint density at radius 3 is 2.14 bits per heavy atom. The Hall–Kier alpha value is -1.65. The Kier molecular flexibility index (Phi) is 7.30. The molecule has 0 amide bonds. The molecule has 28 heavy (non-hydrogen) atoms. The van der Waals surface area contributed by atoms with Crippen molar-refractivity contribution in [1.29, 1.82) is 0 Å². The number of rotatable bonds is 6. The van der Waals surface area contributed by atoms with Gasteiger partial charge in [-0.2, -0.15) is 4.39 Å². The van der Waals surface area contributed by atoms with Crippen LogP contribution in [0.3, 0.4) is 0 Å². The number of carbonyl (C=O) groups is 1. The van der Waals surface area contributed by atoms with Crippen LogP contribution in [0.4, 0.5) is 8.78 Å². The molecular formula is C23H32F2O3. The fourth-order valence-corrected chi connectivity index (χ4v) is 5.10. The molecule has 2 aliphatic carbocycles. The minimum Gasteiger partial charge on any atom is -0.494 e. The first-order chi connectivity index (χ1) is 13.5. The minimum atomic E-state index is -1.21. The molecule has 5 heteroatoms. The van der Waals surface area contributed by atoms with Crippen LogP contribution in [-0.4, -0.2) is 19.2 Å². The third kappa shape index (κ3) is 4.84. The predicted octanol–water partition coefficient (Wildman–Crippen LogP) is 6.30. The maximum absolute atomic E-state index is 14.1. The minimum absolute atomic E-state index is 0.204. The zero-order valence-electron chi connectivity index (χ0n) is 17.0. The number of esters is 1. The molecule has 0 bridgehead atoms. The van der Waals surface area contributed by atoms with E-state index in [4.69, 9.17) is 9.47 Å². The number of hydrogen-bond donors (Lipinski definition) is 0. The summed E-state index contributed by atoms with van der Waals surface area (Å²) in [5.41, 5.74) is -0.366. The van der Waals surface area contributed by atoms with E-state index in [0.717, 1.165) is 37.5 Å². The van der Waals surface area contributed by atoms with Gasteiger partial charge in [-0.1, -0.05) is 32.6 Å². The van der Waals surface area contributed by atoms with Crippen molar-refractivity contribution < 1.29 is 23.0 Å². The van der Waals surface area contributed by atoms with Gasteiger partial charge in [0.25, 0.3) is 0 Å². The molecule has 3 nitrogen and oxygen atoms in total. The highest BCUT2D eigenvalue weighted by Crippen LogP contribution is 2.41. The molecule has 0 heterocycles. The lowest BCUT2D eigenvalue weighted by molar-refractivity contribution is 0.0104. The van der Waals surface area contributed by atoms with Crippen LogP contribution in [0.5, 0.6) is 5.75 Å². The number of ether oxygens (including phenoxy) is 2. The summed E-state index contributed by atoms with van der Waals surface area (Å²) in [5, 5.41) is 0. The van der Waals surface area contributed by atoms with Gasteiger partial charge in [-0.3, -0.25) is 0 Å². The van der Waals surface area contributed by atoms with Crippen LogP contribution < -0.4 is 4.74 Å². The summed E-state index contributed by atoms with van der Waals surface area (Å²) in [7, 11) is 1.25. The number of carbonyl (C=O) groups excluding carboxylic acids is 1. The molecule has 156 valence electrons. The first kappa shape index (κ1) is 21.1. The molecule has 0 unspecified atom stereocenters. The summed E-state index contributed by atoms with van der Waals surface area (Å²) in [5.74, 6) is -0.934. The Labute approximate surface area is 166 Å². The monoisotopic (exact) mass is 394 g/mol. The third-order valence-corrected chi connectivity index (χ3v) is 6.73. The van der Waals surface area contributed by atoms with E-state index < -0.39 is 17.6 Å². The summed E-state index contributed by atoms with van der Waals surface area (Å²) in [4.78, 5) is 12.3. The molecular weight excluding hydrogens is 362 g/mol.